The van der Waals surface area contributed by atoms with E-state index in [2.05, 4.69) is 15.9 Å². The molecule has 0 aromatic heterocycles. The molecule has 0 aliphatic heterocycles. The van der Waals surface area contributed by atoms with Gasteiger partial charge in [-0.3, -0.25) is 0 Å². The lowest BCUT2D eigenvalue weighted by molar-refractivity contribution is 0.0619. The number of benzene rings is 1. The Hall–Kier alpha value is -0.620. The number of nitrogens with two attached hydrogens (primary N) is 1. The van der Waals surface area contributed by atoms with Crippen LogP contribution in [0.5, 0.6) is 0 Å². The van der Waals surface area contributed by atoms with Gasteiger partial charge in [-0.15, -0.1) is 0 Å². The third-order valence-electron chi connectivity index (χ3n) is 2.04. The first-order chi connectivity index (χ1) is 6.76. The van der Waals surface area contributed by atoms with Crippen molar-refractivity contribution >= 4 is 15.9 Å². The van der Waals surface area contributed by atoms with Crippen LogP contribution in [0.15, 0.2) is 16.6 Å². The third kappa shape index (κ3) is 2.31. The molecular weight excluding hydrogens is 278 g/mol. The fourth-order valence-corrected chi connectivity index (χ4v) is 1.80. The highest BCUT2D eigenvalue weighted by molar-refractivity contribution is 9.10. The predicted octanol–water partition coefficient (Wildman–Crippen LogP) is 3.17. The van der Waals surface area contributed by atoms with Gasteiger partial charge in [-0.1, -0.05) is 15.9 Å². The van der Waals surface area contributed by atoms with Gasteiger partial charge in [0.25, 0.3) is 6.43 Å². The van der Waals surface area contributed by atoms with Crippen LogP contribution in [0, 0.1) is 11.6 Å². The van der Waals surface area contributed by atoms with Gasteiger partial charge in [0.1, 0.15) is 5.54 Å². The van der Waals surface area contributed by atoms with E-state index in [1.807, 2.05) is 0 Å². The second-order valence-corrected chi connectivity index (χ2v) is 4.18. The Balaban J connectivity index is 3.32. The van der Waals surface area contributed by atoms with Gasteiger partial charge < -0.3 is 5.73 Å². The second kappa shape index (κ2) is 4.09. The fourth-order valence-electron chi connectivity index (χ4n) is 1.05. The van der Waals surface area contributed by atoms with Gasteiger partial charge >= 0.3 is 0 Å². The van der Waals surface area contributed by atoms with Crippen LogP contribution in [0.25, 0.3) is 0 Å². The molecule has 2 N–H and O–H groups in total. The monoisotopic (exact) mass is 285 g/mol. The quantitative estimate of drug-likeness (QED) is 0.656. The van der Waals surface area contributed by atoms with Gasteiger partial charge in [-0.05, 0) is 24.6 Å². The summed E-state index contributed by atoms with van der Waals surface area (Å²) in [4.78, 5) is 0. The molecule has 0 amide bonds. The molecule has 1 atom stereocenters. The van der Waals surface area contributed by atoms with Crippen LogP contribution in [0.2, 0.25) is 0 Å². The highest BCUT2D eigenvalue weighted by Gasteiger charge is 2.34. The van der Waals surface area contributed by atoms with Crippen molar-refractivity contribution in [1.82, 2.24) is 0 Å². The first-order valence-corrected chi connectivity index (χ1v) is 4.78. The van der Waals surface area contributed by atoms with Crippen molar-refractivity contribution in [3.8, 4) is 0 Å². The molecular formula is C9H8BrF4N. The molecule has 6 heteroatoms. The molecule has 0 spiro atoms. The van der Waals surface area contributed by atoms with E-state index in [0.29, 0.717) is 6.07 Å². The van der Waals surface area contributed by atoms with Crippen molar-refractivity contribution in [2.75, 3.05) is 0 Å². The minimum atomic E-state index is -2.88. The average molecular weight is 286 g/mol. The summed E-state index contributed by atoms with van der Waals surface area (Å²) >= 11 is 2.87. The minimum absolute atomic E-state index is 0.0201. The van der Waals surface area contributed by atoms with Crippen molar-refractivity contribution in [3.05, 3.63) is 33.8 Å². The molecule has 1 unspecified atom stereocenters. The molecule has 0 saturated carbocycles. The van der Waals surface area contributed by atoms with Gasteiger partial charge in [0, 0.05) is 4.47 Å². The second-order valence-electron chi connectivity index (χ2n) is 3.33. The summed E-state index contributed by atoms with van der Waals surface area (Å²) in [5.41, 5.74) is 3.14. The Kier molecular flexibility index (Phi) is 3.40. The molecule has 84 valence electrons. The summed E-state index contributed by atoms with van der Waals surface area (Å²) in [6.45, 7) is 1.05. The Morgan fingerprint density at radius 3 is 2.20 bits per heavy atom. The van der Waals surface area contributed by atoms with Crippen molar-refractivity contribution in [2.24, 2.45) is 5.73 Å². The van der Waals surface area contributed by atoms with Crippen LogP contribution in [-0.4, -0.2) is 6.43 Å². The van der Waals surface area contributed by atoms with Crippen LogP contribution in [0.3, 0.4) is 0 Å². The molecule has 1 nitrogen and oxygen atoms in total. The number of alkyl halides is 2. The zero-order chi connectivity index (χ0) is 11.8. The van der Waals surface area contributed by atoms with Gasteiger partial charge in [0.15, 0.2) is 11.6 Å². The van der Waals surface area contributed by atoms with Crippen LogP contribution < -0.4 is 5.73 Å². The smallest absolute Gasteiger partial charge is 0.260 e. The molecule has 1 aromatic rings. The minimum Gasteiger partial charge on any atom is -0.317 e. The first kappa shape index (κ1) is 12.4. The lowest BCUT2D eigenvalue weighted by atomic mass is 9.93. The topological polar surface area (TPSA) is 26.0 Å². The Labute approximate surface area is 92.4 Å². The lowest BCUT2D eigenvalue weighted by Crippen LogP contribution is -2.41. The largest absolute Gasteiger partial charge is 0.317 e. The summed E-state index contributed by atoms with van der Waals surface area (Å²) in [6, 6.07) is 1.45. The SMILES string of the molecule is CC(N)(c1cc(F)c(F)cc1Br)C(F)F. The Morgan fingerprint density at radius 2 is 1.73 bits per heavy atom. The number of rotatable bonds is 2. The molecule has 0 fully saturated rings. The average Bonchev–Trinajstić information content (AvgIpc) is 2.10. The highest BCUT2D eigenvalue weighted by Crippen LogP contribution is 2.32. The summed E-state index contributed by atoms with van der Waals surface area (Å²) in [5, 5.41) is 0. The zero-order valence-electron chi connectivity index (χ0n) is 7.70. The van der Waals surface area contributed by atoms with Gasteiger partial charge in [-0.2, -0.15) is 0 Å². The molecule has 0 aliphatic carbocycles. The molecule has 1 rings (SSSR count). The van der Waals surface area contributed by atoms with E-state index in [9.17, 15) is 17.6 Å². The van der Waals surface area contributed by atoms with Gasteiger partial charge in [0.05, 0.1) is 0 Å². The fraction of sp³-hybridized carbons (Fsp3) is 0.333. The number of hydrogen-bond donors (Lipinski definition) is 1. The predicted molar refractivity (Wildman–Crippen MR) is 51.6 cm³/mol. The van der Waals surface area contributed by atoms with E-state index in [1.54, 1.807) is 0 Å². The summed E-state index contributed by atoms with van der Waals surface area (Å²) in [6.07, 6.45) is -2.88. The highest BCUT2D eigenvalue weighted by atomic mass is 79.9. The number of hydrogen-bond acceptors (Lipinski definition) is 1. The molecule has 0 bridgehead atoms. The third-order valence-corrected chi connectivity index (χ3v) is 2.70. The van der Waals surface area contributed by atoms with E-state index < -0.39 is 23.6 Å². The maximum Gasteiger partial charge on any atom is 0.260 e. The zero-order valence-corrected chi connectivity index (χ0v) is 9.29. The van der Waals surface area contributed by atoms with Crippen LogP contribution in [0.1, 0.15) is 12.5 Å². The number of halogens is 5. The molecule has 15 heavy (non-hydrogen) atoms. The van der Waals surface area contributed by atoms with Crippen LogP contribution in [-0.2, 0) is 5.54 Å². The van der Waals surface area contributed by atoms with Crippen molar-refractivity contribution in [1.29, 1.82) is 0 Å². The summed E-state index contributed by atoms with van der Waals surface area (Å²) < 4.78 is 50.7. The molecule has 0 radical (unpaired) electrons. The van der Waals surface area contributed by atoms with E-state index >= 15 is 0 Å². The standard InChI is InChI=1S/C9H8BrF4N/c1-9(15,8(13)14)4-2-6(11)7(12)3-5(4)10/h2-3,8H,15H2,1H3. The van der Waals surface area contributed by atoms with Crippen molar-refractivity contribution in [2.45, 2.75) is 18.9 Å². The van der Waals surface area contributed by atoms with E-state index in [1.165, 1.54) is 0 Å². The first-order valence-electron chi connectivity index (χ1n) is 3.99. The summed E-state index contributed by atoms with van der Waals surface area (Å²) in [5.74, 6) is -2.32. The molecule has 0 aliphatic rings. The van der Waals surface area contributed by atoms with Gasteiger partial charge in [0.2, 0.25) is 0 Å². The summed E-state index contributed by atoms with van der Waals surface area (Å²) in [7, 11) is 0. The van der Waals surface area contributed by atoms with Crippen molar-refractivity contribution < 1.29 is 17.6 Å². The normalized spacial score (nSPS) is 15.5. The van der Waals surface area contributed by atoms with E-state index in [0.717, 1.165) is 13.0 Å². The maximum absolute atomic E-state index is 12.9. The molecule has 1 aromatic carbocycles. The maximum atomic E-state index is 12.9. The van der Waals surface area contributed by atoms with E-state index in [4.69, 9.17) is 5.73 Å². The molecule has 0 saturated heterocycles. The lowest BCUT2D eigenvalue weighted by Gasteiger charge is -2.25. The van der Waals surface area contributed by atoms with Crippen molar-refractivity contribution in [3.63, 3.8) is 0 Å². The van der Waals surface area contributed by atoms with Crippen LogP contribution in [0.4, 0.5) is 17.6 Å². The van der Waals surface area contributed by atoms with E-state index in [-0.39, 0.29) is 10.0 Å². The molecule has 0 heterocycles. The van der Waals surface area contributed by atoms with Crippen LogP contribution >= 0.6 is 15.9 Å². The Morgan fingerprint density at radius 1 is 1.27 bits per heavy atom. The Bertz CT molecular complexity index is 379. The van der Waals surface area contributed by atoms with Gasteiger partial charge in [-0.25, -0.2) is 17.6 Å².